The molecule has 0 fully saturated rings. The Kier molecular flexibility index (Phi) is 6.28. The van der Waals surface area contributed by atoms with Crippen LogP contribution < -0.4 is 0 Å². The van der Waals surface area contributed by atoms with Crippen molar-refractivity contribution in [2.75, 3.05) is 0 Å². The second-order valence-electron chi connectivity index (χ2n) is 6.34. The first kappa shape index (κ1) is 20.0. The monoisotopic (exact) mass is 334 g/mol. The summed E-state index contributed by atoms with van der Waals surface area (Å²) in [7, 11) is 1.54. The topological polar surface area (TPSA) is 0 Å². The van der Waals surface area contributed by atoms with E-state index in [4.69, 9.17) is 0 Å². The Labute approximate surface area is 135 Å². The number of rotatable bonds is 7. The lowest BCUT2D eigenvalue weighted by molar-refractivity contribution is 0.127. The number of benzene rings is 1. The molecule has 0 bridgehead atoms. The molecule has 23 heavy (non-hydrogen) atoms. The molecule has 0 aliphatic rings. The van der Waals surface area contributed by atoms with E-state index in [0.717, 1.165) is 0 Å². The van der Waals surface area contributed by atoms with Gasteiger partial charge >= 0.3 is 0 Å². The molecule has 0 heterocycles. The summed E-state index contributed by atoms with van der Waals surface area (Å²) < 4.78 is 73.0. The van der Waals surface area contributed by atoms with Crippen molar-refractivity contribution in [3.05, 3.63) is 34.4 Å². The Morgan fingerprint density at radius 1 is 0.739 bits per heavy atom. The largest absolute Gasteiger partial charge is 0.238 e. The van der Waals surface area contributed by atoms with Crippen molar-refractivity contribution < 1.29 is 22.0 Å². The second-order valence-corrected chi connectivity index (χ2v) is 6.34. The Hall–Kier alpha value is -1.07. The molecule has 6 heteroatoms. The van der Waals surface area contributed by atoms with Gasteiger partial charge in [0, 0.05) is 5.56 Å². The van der Waals surface area contributed by atoms with E-state index in [-0.39, 0.29) is 12.8 Å². The molecule has 1 rings (SSSR count). The average molecular weight is 334 g/mol. The molecule has 0 spiro atoms. The maximum Gasteiger partial charge on any atom is 0.168 e. The smallest absolute Gasteiger partial charge is 0.168 e. The minimum absolute atomic E-state index is 0.200. The highest BCUT2D eigenvalue weighted by molar-refractivity contribution is 6.15. The summed E-state index contributed by atoms with van der Waals surface area (Å²) in [6, 6.07) is 0. The third-order valence-electron chi connectivity index (χ3n) is 5.08. The van der Waals surface area contributed by atoms with Gasteiger partial charge in [-0.3, -0.25) is 0 Å². The van der Waals surface area contributed by atoms with Crippen LogP contribution in [0.25, 0.3) is 0 Å². The molecule has 0 radical (unpaired) electrons. The normalized spacial score (nSPS) is 14.8. The van der Waals surface area contributed by atoms with Gasteiger partial charge in [-0.05, 0) is 18.2 Å². The molecule has 0 aliphatic heterocycles. The molecular formula is C17H24BF5. The highest BCUT2D eigenvalue weighted by Crippen LogP contribution is 2.43. The molecule has 0 saturated carbocycles. The van der Waals surface area contributed by atoms with Crippen LogP contribution in [0.1, 0.15) is 70.9 Å². The van der Waals surface area contributed by atoms with E-state index in [1.807, 2.05) is 0 Å². The van der Waals surface area contributed by atoms with Crippen LogP contribution in [0.3, 0.4) is 0 Å². The number of hydrogen-bond acceptors (Lipinski definition) is 0. The zero-order valence-electron chi connectivity index (χ0n) is 14.4. The van der Waals surface area contributed by atoms with Crippen LogP contribution in [0.5, 0.6) is 0 Å². The summed E-state index contributed by atoms with van der Waals surface area (Å²) in [5.74, 6) is -6.16. The molecule has 0 N–H and O–H groups in total. The van der Waals surface area contributed by atoms with Crippen molar-refractivity contribution in [2.45, 2.75) is 70.8 Å². The molecule has 1 aromatic rings. The highest BCUT2D eigenvalue weighted by atomic mass is 19.2. The van der Waals surface area contributed by atoms with Crippen LogP contribution in [-0.2, 0) is 11.0 Å². The minimum atomic E-state index is -2.42. The van der Waals surface area contributed by atoms with Crippen LogP contribution >= 0.6 is 0 Å². The molecule has 0 amide bonds. The first-order valence-electron chi connectivity index (χ1n) is 8.19. The van der Waals surface area contributed by atoms with E-state index in [2.05, 4.69) is 0 Å². The van der Waals surface area contributed by atoms with Crippen LogP contribution in [0.15, 0.2) is 0 Å². The molecule has 0 saturated heterocycles. The van der Waals surface area contributed by atoms with Gasteiger partial charge in [0.1, 0.15) is 13.5 Å². The molecule has 0 aromatic heterocycles. The van der Waals surface area contributed by atoms with E-state index >= 15 is 0 Å². The summed E-state index contributed by atoms with van der Waals surface area (Å²) in [5.41, 5.74) is -4.16. The summed E-state index contributed by atoms with van der Waals surface area (Å²) >= 11 is 0. The van der Waals surface area contributed by atoms with Gasteiger partial charge in [-0.1, -0.05) is 47.0 Å². The first-order valence-corrected chi connectivity index (χ1v) is 8.19. The summed E-state index contributed by atoms with van der Waals surface area (Å²) in [4.78, 5) is 0. The molecule has 1 atom stereocenters. The predicted octanol–water partition coefficient (Wildman–Crippen LogP) is 5.27. The van der Waals surface area contributed by atoms with Crippen molar-refractivity contribution in [3.63, 3.8) is 0 Å². The van der Waals surface area contributed by atoms with E-state index in [0.29, 0.717) is 19.3 Å². The highest BCUT2D eigenvalue weighted by Gasteiger charge is 2.42. The van der Waals surface area contributed by atoms with Crippen LogP contribution in [0, 0.1) is 23.3 Å². The second kappa shape index (κ2) is 7.22. The maximum absolute atomic E-state index is 14.9. The molecule has 130 valence electrons. The Bertz CT molecular complexity index is 540. The lowest BCUT2D eigenvalue weighted by atomic mass is 9.60. The summed E-state index contributed by atoms with van der Waals surface area (Å²) in [6.45, 7) is 6.43. The van der Waals surface area contributed by atoms with Gasteiger partial charge in [0.05, 0.1) is 5.56 Å². The quantitative estimate of drug-likeness (QED) is 0.362. The minimum Gasteiger partial charge on any atom is -0.238 e. The third kappa shape index (κ3) is 3.27. The zero-order valence-corrected chi connectivity index (χ0v) is 14.4. The van der Waals surface area contributed by atoms with Crippen molar-refractivity contribution >= 4 is 7.85 Å². The maximum atomic E-state index is 14.9. The van der Waals surface area contributed by atoms with E-state index in [1.54, 1.807) is 28.6 Å². The van der Waals surface area contributed by atoms with E-state index in [1.165, 1.54) is 6.92 Å². The van der Waals surface area contributed by atoms with Crippen molar-refractivity contribution in [3.8, 4) is 0 Å². The third-order valence-corrected chi connectivity index (χ3v) is 5.08. The van der Waals surface area contributed by atoms with Gasteiger partial charge in [-0.25, -0.2) is 22.0 Å². The van der Waals surface area contributed by atoms with Crippen molar-refractivity contribution in [2.24, 2.45) is 0 Å². The Morgan fingerprint density at radius 3 is 1.43 bits per heavy atom. The van der Waals surface area contributed by atoms with Crippen molar-refractivity contribution in [1.82, 2.24) is 0 Å². The summed E-state index contributed by atoms with van der Waals surface area (Å²) in [5, 5.41) is -1.05. The lowest BCUT2D eigenvalue weighted by Crippen LogP contribution is -2.32. The van der Waals surface area contributed by atoms with Crippen LogP contribution in [-0.4, -0.2) is 7.85 Å². The summed E-state index contributed by atoms with van der Waals surface area (Å²) in [6.07, 6.45) is 0.452. The van der Waals surface area contributed by atoms with Gasteiger partial charge in [-0.15, -0.1) is 0 Å². The van der Waals surface area contributed by atoms with Crippen molar-refractivity contribution in [1.29, 1.82) is 0 Å². The van der Waals surface area contributed by atoms with Crippen LogP contribution in [0.2, 0.25) is 0 Å². The first-order chi connectivity index (χ1) is 10.6. The molecule has 1 unspecified atom stereocenters. The average Bonchev–Trinajstić information content (AvgIpc) is 2.53. The standard InChI is InChI=1S/C17H24BF5/c1-5-9-17(23,8-4)11-14(21)12(19)10(13(20)15(11)22)16(18,6-2)7-3/h5-9,18H2,1-4H3. The number of halogens is 5. The molecule has 0 nitrogen and oxygen atoms in total. The fourth-order valence-corrected chi connectivity index (χ4v) is 3.03. The van der Waals surface area contributed by atoms with Gasteiger partial charge < -0.3 is 0 Å². The number of alkyl halides is 1. The zero-order chi connectivity index (χ0) is 18.0. The SMILES string of the molecule is BC(CC)(CC)c1c(F)c(F)c(C(F)(CC)CCC)c(F)c1F. The Morgan fingerprint density at radius 2 is 1.13 bits per heavy atom. The predicted molar refractivity (Wildman–Crippen MR) is 85.1 cm³/mol. The fourth-order valence-electron chi connectivity index (χ4n) is 3.03. The van der Waals surface area contributed by atoms with E-state index < -0.39 is 45.4 Å². The van der Waals surface area contributed by atoms with Gasteiger partial charge in [-0.2, -0.15) is 0 Å². The van der Waals surface area contributed by atoms with Gasteiger partial charge in [0.15, 0.2) is 23.3 Å². The fraction of sp³-hybridized carbons (Fsp3) is 0.647. The molecule has 0 aliphatic carbocycles. The van der Waals surface area contributed by atoms with Crippen LogP contribution in [0.4, 0.5) is 22.0 Å². The van der Waals surface area contributed by atoms with Gasteiger partial charge in [0.25, 0.3) is 0 Å². The molecule has 1 aromatic carbocycles. The van der Waals surface area contributed by atoms with Gasteiger partial charge in [0.2, 0.25) is 0 Å². The Balaban J connectivity index is 3.77. The number of hydrogen-bond donors (Lipinski definition) is 0. The molecular weight excluding hydrogens is 310 g/mol. The lowest BCUT2D eigenvalue weighted by Gasteiger charge is -2.31. The van der Waals surface area contributed by atoms with E-state index in [9.17, 15) is 22.0 Å².